The Morgan fingerprint density at radius 3 is 2.48 bits per heavy atom. The lowest BCUT2D eigenvalue weighted by Crippen LogP contribution is -2.33. The molecule has 1 aliphatic rings. The minimum Gasteiger partial charge on any atom is -0.286 e. The van der Waals surface area contributed by atoms with E-state index in [2.05, 4.69) is 0 Å². The Hall–Kier alpha value is -1.84. The van der Waals surface area contributed by atoms with Gasteiger partial charge in [0.1, 0.15) is 0 Å². The summed E-state index contributed by atoms with van der Waals surface area (Å²) < 4.78 is 0. The first-order valence-corrected chi connectivity index (χ1v) is 7.34. The molecule has 1 amide bonds. The van der Waals surface area contributed by atoms with E-state index in [1.165, 1.54) is 0 Å². The Bertz CT molecular complexity index is 644. The average molecular weight is 302 g/mol. The molecule has 2 atom stereocenters. The molecule has 0 aliphatic carbocycles. The molecule has 2 aromatic carbocycles. The van der Waals surface area contributed by atoms with Crippen LogP contribution in [0.1, 0.15) is 23.5 Å². The van der Waals surface area contributed by atoms with E-state index in [1.807, 2.05) is 54.6 Å². The highest BCUT2D eigenvalue weighted by Gasteiger charge is 2.40. The first-order chi connectivity index (χ1) is 10.2. The van der Waals surface area contributed by atoms with E-state index in [0.29, 0.717) is 17.9 Å². The molecule has 0 bridgehead atoms. The number of halogens is 1. The normalized spacial score (nSPS) is 21.8. The summed E-state index contributed by atoms with van der Waals surface area (Å²) >= 11 is 6.20. The lowest BCUT2D eigenvalue weighted by molar-refractivity contribution is -0.165. The van der Waals surface area contributed by atoms with E-state index in [-0.39, 0.29) is 17.9 Å². The summed E-state index contributed by atoms with van der Waals surface area (Å²) in [7, 11) is 0. The summed E-state index contributed by atoms with van der Waals surface area (Å²) in [4.78, 5) is 11.9. The fourth-order valence-electron chi connectivity index (χ4n) is 2.93. The summed E-state index contributed by atoms with van der Waals surface area (Å²) in [6.07, 6.45) is 0.872. The Morgan fingerprint density at radius 1 is 1.10 bits per heavy atom. The van der Waals surface area contributed by atoms with Crippen molar-refractivity contribution < 1.29 is 10.0 Å². The maximum Gasteiger partial charge on any atom is 0.246 e. The molecule has 3 nitrogen and oxygen atoms in total. The van der Waals surface area contributed by atoms with Crippen LogP contribution in [0.25, 0.3) is 0 Å². The van der Waals surface area contributed by atoms with Gasteiger partial charge in [-0.15, -0.1) is 0 Å². The zero-order valence-electron chi connectivity index (χ0n) is 11.4. The van der Waals surface area contributed by atoms with Gasteiger partial charge >= 0.3 is 0 Å². The number of hydroxylamine groups is 2. The van der Waals surface area contributed by atoms with Crippen LogP contribution in [-0.2, 0) is 11.2 Å². The molecule has 21 heavy (non-hydrogen) atoms. The lowest BCUT2D eigenvalue weighted by atomic mass is 9.88. The fraction of sp³-hybridized carbons (Fsp3) is 0.235. The van der Waals surface area contributed by atoms with Gasteiger partial charge in [0.05, 0.1) is 6.04 Å². The molecule has 2 unspecified atom stereocenters. The summed E-state index contributed by atoms with van der Waals surface area (Å²) in [5, 5.41) is 11.6. The highest BCUT2D eigenvalue weighted by Crippen LogP contribution is 2.36. The van der Waals surface area contributed by atoms with Crippen LogP contribution in [0.5, 0.6) is 0 Å². The van der Waals surface area contributed by atoms with Crippen molar-refractivity contribution in [3.8, 4) is 0 Å². The average Bonchev–Trinajstić information content (AvgIpc) is 2.79. The fourth-order valence-corrected chi connectivity index (χ4v) is 3.14. The van der Waals surface area contributed by atoms with Gasteiger partial charge in [-0.3, -0.25) is 10.0 Å². The van der Waals surface area contributed by atoms with Gasteiger partial charge in [-0.25, -0.2) is 5.06 Å². The summed E-state index contributed by atoms with van der Waals surface area (Å²) in [6.45, 7) is 0. The predicted molar refractivity (Wildman–Crippen MR) is 81.4 cm³/mol. The van der Waals surface area contributed by atoms with Crippen LogP contribution in [0.3, 0.4) is 0 Å². The van der Waals surface area contributed by atoms with Gasteiger partial charge < -0.3 is 0 Å². The van der Waals surface area contributed by atoms with Gasteiger partial charge in [0.2, 0.25) is 5.91 Å². The second kappa shape index (κ2) is 5.88. The maximum atomic E-state index is 11.9. The number of amides is 1. The first kappa shape index (κ1) is 14.1. The molecular formula is C17H16ClNO2. The second-order valence-electron chi connectivity index (χ2n) is 5.32. The van der Waals surface area contributed by atoms with Crippen molar-refractivity contribution in [2.75, 3.05) is 0 Å². The molecule has 0 radical (unpaired) electrons. The van der Waals surface area contributed by atoms with Gasteiger partial charge in [0.25, 0.3) is 0 Å². The van der Waals surface area contributed by atoms with Crippen LogP contribution in [-0.4, -0.2) is 22.2 Å². The van der Waals surface area contributed by atoms with Crippen LogP contribution < -0.4 is 0 Å². The Morgan fingerprint density at radius 2 is 1.76 bits per heavy atom. The molecule has 3 rings (SSSR count). The molecular weight excluding hydrogens is 286 g/mol. The lowest BCUT2D eigenvalue weighted by Gasteiger charge is -2.24. The Labute approximate surface area is 128 Å². The van der Waals surface area contributed by atoms with Crippen LogP contribution in [0.4, 0.5) is 0 Å². The molecule has 1 fully saturated rings. The third-order valence-electron chi connectivity index (χ3n) is 4.04. The molecule has 2 aromatic rings. The number of rotatable bonds is 3. The van der Waals surface area contributed by atoms with E-state index < -0.39 is 0 Å². The number of carbonyl (C=O) groups is 1. The minimum absolute atomic E-state index is 0.0139. The molecule has 0 saturated carbocycles. The van der Waals surface area contributed by atoms with E-state index >= 15 is 0 Å². The molecule has 1 heterocycles. The Kier molecular flexibility index (Phi) is 3.95. The van der Waals surface area contributed by atoms with Crippen LogP contribution in [0.2, 0.25) is 5.02 Å². The number of hydrogen-bond donors (Lipinski definition) is 1. The highest BCUT2D eigenvalue weighted by molar-refractivity contribution is 6.31. The quantitative estimate of drug-likeness (QED) is 0.879. The topological polar surface area (TPSA) is 40.5 Å². The van der Waals surface area contributed by atoms with Crippen molar-refractivity contribution in [1.29, 1.82) is 0 Å². The summed E-state index contributed by atoms with van der Waals surface area (Å²) in [6, 6.07) is 17.1. The van der Waals surface area contributed by atoms with Gasteiger partial charge in [-0.05, 0) is 23.6 Å². The van der Waals surface area contributed by atoms with Crippen LogP contribution in [0.15, 0.2) is 54.6 Å². The molecule has 1 aliphatic heterocycles. The van der Waals surface area contributed by atoms with E-state index in [4.69, 9.17) is 11.6 Å². The van der Waals surface area contributed by atoms with Crippen molar-refractivity contribution in [2.24, 2.45) is 0 Å². The zero-order chi connectivity index (χ0) is 14.8. The Balaban J connectivity index is 1.90. The molecule has 0 aromatic heterocycles. The smallest absolute Gasteiger partial charge is 0.246 e. The third-order valence-corrected chi connectivity index (χ3v) is 4.41. The van der Waals surface area contributed by atoms with Crippen LogP contribution in [0, 0.1) is 0 Å². The van der Waals surface area contributed by atoms with Gasteiger partial charge in [-0.2, -0.15) is 0 Å². The largest absolute Gasteiger partial charge is 0.286 e. The molecule has 4 heteroatoms. The van der Waals surface area contributed by atoms with Crippen molar-refractivity contribution in [3.05, 3.63) is 70.7 Å². The van der Waals surface area contributed by atoms with Gasteiger partial charge in [-0.1, -0.05) is 60.1 Å². The maximum absolute atomic E-state index is 11.9. The number of hydrogen-bond acceptors (Lipinski definition) is 2. The molecule has 1 saturated heterocycles. The van der Waals surface area contributed by atoms with Crippen LogP contribution >= 0.6 is 11.6 Å². The first-order valence-electron chi connectivity index (χ1n) is 6.96. The van der Waals surface area contributed by atoms with Gasteiger partial charge in [0.15, 0.2) is 0 Å². The highest BCUT2D eigenvalue weighted by atomic mass is 35.5. The zero-order valence-corrected chi connectivity index (χ0v) is 12.2. The van der Waals surface area contributed by atoms with Crippen molar-refractivity contribution in [1.82, 2.24) is 5.06 Å². The summed E-state index contributed by atoms with van der Waals surface area (Å²) in [5.41, 5.74) is 2.01. The van der Waals surface area contributed by atoms with Crippen molar-refractivity contribution in [2.45, 2.75) is 24.8 Å². The SMILES string of the molecule is O=C1CC(c2ccccc2)C(Cc2ccccc2Cl)N1O. The van der Waals surface area contributed by atoms with Gasteiger partial charge in [0, 0.05) is 17.4 Å². The second-order valence-corrected chi connectivity index (χ2v) is 5.73. The number of carbonyl (C=O) groups excluding carboxylic acids is 1. The minimum atomic E-state index is -0.278. The molecule has 1 N–H and O–H groups in total. The number of nitrogens with zero attached hydrogens (tertiary/aromatic N) is 1. The third kappa shape index (κ3) is 2.80. The standard InChI is InChI=1S/C17H16ClNO2/c18-15-9-5-4-8-13(15)10-16-14(11-17(20)19(16)21)12-6-2-1-3-7-12/h1-9,14,16,21H,10-11H2. The van der Waals surface area contributed by atoms with E-state index in [0.717, 1.165) is 16.2 Å². The molecule has 108 valence electrons. The van der Waals surface area contributed by atoms with Crippen molar-refractivity contribution >= 4 is 17.5 Å². The van der Waals surface area contributed by atoms with Crippen molar-refractivity contribution in [3.63, 3.8) is 0 Å². The molecule has 0 spiro atoms. The monoisotopic (exact) mass is 301 g/mol. The van der Waals surface area contributed by atoms with E-state index in [1.54, 1.807) is 0 Å². The van der Waals surface area contributed by atoms with E-state index in [9.17, 15) is 10.0 Å². The predicted octanol–water partition coefficient (Wildman–Crippen LogP) is 3.66. The number of benzene rings is 2. The summed E-state index contributed by atoms with van der Waals surface area (Å²) in [5.74, 6) is -0.249.